The SMILES string of the molecule is CCNc1ncc(S(=O)(=O)N2CCOCC2)cc1Cl. The Kier molecular flexibility index (Phi) is 4.62. The Hall–Kier alpha value is -0.890. The molecule has 0 amide bonds. The number of hydrogen-bond donors (Lipinski definition) is 1. The average molecular weight is 306 g/mol. The normalized spacial score (nSPS) is 17.4. The number of nitrogens with zero attached hydrogens (tertiary/aromatic N) is 2. The van der Waals surface area contributed by atoms with Gasteiger partial charge in [0.1, 0.15) is 10.7 Å². The lowest BCUT2D eigenvalue weighted by Crippen LogP contribution is -2.40. The van der Waals surface area contributed by atoms with E-state index in [4.69, 9.17) is 16.3 Å². The first kappa shape index (κ1) is 14.5. The summed E-state index contributed by atoms with van der Waals surface area (Å²) in [6, 6.07) is 1.43. The van der Waals surface area contributed by atoms with Crippen LogP contribution in [0.15, 0.2) is 17.2 Å². The zero-order valence-electron chi connectivity index (χ0n) is 10.6. The highest BCUT2D eigenvalue weighted by atomic mass is 35.5. The van der Waals surface area contributed by atoms with Gasteiger partial charge < -0.3 is 10.1 Å². The number of anilines is 1. The molecule has 1 aliphatic heterocycles. The number of halogens is 1. The summed E-state index contributed by atoms with van der Waals surface area (Å²) in [4.78, 5) is 4.16. The molecule has 0 atom stereocenters. The van der Waals surface area contributed by atoms with Gasteiger partial charge in [-0.25, -0.2) is 13.4 Å². The number of nitrogens with one attached hydrogen (secondary N) is 1. The van der Waals surface area contributed by atoms with Crippen molar-refractivity contribution in [2.24, 2.45) is 0 Å². The van der Waals surface area contributed by atoms with E-state index < -0.39 is 10.0 Å². The van der Waals surface area contributed by atoms with Crippen LogP contribution >= 0.6 is 11.6 Å². The van der Waals surface area contributed by atoms with E-state index in [9.17, 15) is 8.42 Å². The molecule has 0 aliphatic carbocycles. The molecule has 1 N–H and O–H groups in total. The van der Waals surface area contributed by atoms with Crippen LogP contribution in [0.1, 0.15) is 6.92 Å². The Bertz CT molecular complexity index is 544. The van der Waals surface area contributed by atoms with Gasteiger partial charge in [-0.15, -0.1) is 0 Å². The summed E-state index contributed by atoms with van der Waals surface area (Å²) in [5.41, 5.74) is 0. The Morgan fingerprint density at radius 2 is 2.16 bits per heavy atom. The van der Waals surface area contributed by atoms with Gasteiger partial charge in [-0.05, 0) is 13.0 Å². The number of morpholine rings is 1. The molecule has 1 aromatic rings. The van der Waals surface area contributed by atoms with Crippen molar-refractivity contribution in [2.75, 3.05) is 38.2 Å². The Morgan fingerprint density at radius 3 is 2.74 bits per heavy atom. The molecule has 6 nitrogen and oxygen atoms in total. The van der Waals surface area contributed by atoms with Crippen molar-refractivity contribution in [3.05, 3.63) is 17.3 Å². The van der Waals surface area contributed by atoms with Gasteiger partial charge in [-0.3, -0.25) is 0 Å². The number of rotatable bonds is 4. The second-order valence-corrected chi connectivity index (χ2v) is 6.39. The standard InChI is InChI=1S/C11H16ClN3O3S/c1-2-13-11-10(12)7-9(8-14-11)19(16,17)15-3-5-18-6-4-15/h7-8H,2-6H2,1H3,(H,13,14). The highest BCUT2D eigenvalue weighted by Crippen LogP contribution is 2.24. The van der Waals surface area contributed by atoms with Crippen LogP contribution in [0.4, 0.5) is 5.82 Å². The van der Waals surface area contributed by atoms with E-state index in [1.54, 1.807) is 0 Å². The molecule has 0 aromatic carbocycles. The zero-order valence-corrected chi connectivity index (χ0v) is 12.2. The summed E-state index contributed by atoms with van der Waals surface area (Å²) >= 11 is 6.02. The van der Waals surface area contributed by atoms with Gasteiger partial charge in [0, 0.05) is 25.8 Å². The summed E-state index contributed by atoms with van der Waals surface area (Å²) in [5.74, 6) is 0.491. The Labute approximate surface area is 117 Å². The molecule has 0 saturated carbocycles. The molecule has 0 bridgehead atoms. The molecule has 0 unspecified atom stereocenters. The third kappa shape index (κ3) is 3.17. The first-order valence-corrected chi connectivity index (χ1v) is 7.85. The maximum Gasteiger partial charge on any atom is 0.244 e. The highest BCUT2D eigenvalue weighted by Gasteiger charge is 2.27. The van der Waals surface area contributed by atoms with Gasteiger partial charge >= 0.3 is 0 Å². The number of pyridine rings is 1. The van der Waals surface area contributed by atoms with Crippen molar-refractivity contribution < 1.29 is 13.2 Å². The largest absolute Gasteiger partial charge is 0.379 e. The van der Waals surface area contributed by atoms with E-state index in [2.05, 4.69) is 10.3 Å². The molecule has 106 valence electrons. The van der Waals surface area contributed by atoms with Crippen molar-refractivity contribution in [3.8, 4) is 0 Å². The molecule has 0 spiro atoms. The Balaban J connectivity index is 2.27. The maximum atomic E-state index is 12.4. The van der Waals surface area contributed by atoms with Crippen LogP contribution in [0.25, 0.3) is 0 Å². The number of aromatic nitrogens is 1. The fourth-order valence-electron chi connectivity index (χ4n) is 1.79. The lowest BCUT2D eigenvalue weighted by molar-refractivity contribution is 0.0730. The molecule has 2 rings (SSSR count). The molecular weight excluding hydrogens is 290 g/mol. The molecule has 0 radical (unpaired) electrons. The van der Waals surface area contributed by atoms with Crippen LogP contribution in [-0.4, -0.2) is 50.6 Å². The van der Waals surface area contributed by atoms with Crippen LogP contribution in [0.3, 0.4) is 0 Å². The first-order valence-electron chi connectivity index (χ1n) is 6.03. The lowest BCUT2D eigenvalue weighted by atomic mass is 10.4. The van der Waals surface area contributed by atoms with Crippen LogP contribution in [0.5, 0.6) is 0 Å². The van der Waals surface area contributed by atoms with Gasteiger partial charge in [-0.1, -0.05) is 11.6 Å². The topological polar surface area (TPSA) is 71.5 Å². The predicted octanol–water partition coefficient (Wildman–Crippen LogP) is 1.19. The van der Waals surface area contributed by atoms with Crippen molar-refractivity contribution in [1.29, 1.82) is 0 Å². The van der Waals surface area contributed by atoms with Gasteiger partial charge in [0.15, 0.2) is 0 Å². The van der Waals surface area contributed by atoms with Crippen molar-refractivity contribution in [2.45, 2.75) is 11.8 Å². The van der Waals surface area contributed by atoms with Crippen LogP contribution < -0.4 is 5.32 Å². The van der Waals surface area contributed by atoms with Gasteiger partial charge in [0.05, 0.1) is 18.2 Å². The molecule has 1 aromatic heterocycles. The van der Waals surface area contributed by atoms with Crippen LogP contribution in [0.2, 0.25) is 5.02 Å². The smallest absolute Gasteiger partial charge is 0.244 e. The van der Waals surface area contributed by atoms with Crippen molar-refractivity contribution in [1.82, 2.24) is 9.29 Å². The van der Waals surface area contributed by atoms with Crippen molar-refractivity contribution >= 4 is 27.4 Å². The molecule has 1 aliphatic rings. The minimum Gasteiger partial charge on any atom is -0.379 e. The Morgan fingerprint density at radius 1 is 1.47 bits per heavy atom. The highest BCUT2D eigenvalue weighted by molar-refractivity contribution is 7.89. The zero-order chi connectivity index (χ0) is 13.9. The van der Waals surface area contributed by atoms with E-state index in [0.717, 1.165) is 0 Å². The number of ether oxygens (including phenoxy) is 1. The van der Waals surface area contributed by atoms with E-state index in [0.29, 0.717) is 43.7 Å². The fourth-order valence-corrected chi connectivity index (χ4v) is 3.47. The minimum absolute atomic E-state index is 0.112. The van der Waals surface area contributed by atoms with E-state index in [-0.39, 0.29) is 4.90 Å². The lowest BCUT2D eigenvalue weighted by Gasteiger charge is -2.26. The number of hydrogen-bond acceptors (Lipinski definition) is 5. The second-order valence-electron chi connectivity index (χ2n) is 4.05. The first-order chi connectivity index (χ1) is 9.05. The third-order valence-electron chi connectivity index (χ3n) is 2.77. The van der Waals surface area contributed by atoms with Crippen LogP contribution in [0, 0.1) is 0 Å². The summed E-state index contributed by atoms with van der Waals surface area (Å²) < 4.78 is 31.3. The van der Waals surface area contributed by atoms with Gasteiger partial charge in [0.25, 0.3) is 0 Å². The molecule has 19 heavy (non-hydrogen) atoms. The van der Waals surface area contributed by atoms with Gasteiger partial charge in [0.2, 0.25) is 10.0 Å². The maximum absolute atomic E-state index is 12.4. The summed E-state index contributed by atoms with van der Waals surface area (Å²) in [7, 11) is -3.54. The minimum atomic E-state index is -3.54. The predicted molar refractivity (Wildman–Crippen MR) is 73.0 cm³/mol. The molecule has 1 saturated heterocycles. The average Bonchev–Trinajstić information content (AvgIpc) is 2.42. The molecular formula is C11H16ClN3O3S. The summed E-state index contributed by atoms with van der Waals surface area (Å²) in [6.45, 7) is 4.12. The summed E-state index contributed by atoms with van der Waals surface area (Å²) in [6.07, 6.45) is 1.33. The quantitative estimate of drug-likeness (QED) is 0.904. The molecule has 2 heterocycles. The van der Waals surface area contributed by atoms with E-state index in [1.165, 1.54) is 16.6 Å². The number of sulfonamides is 1. The third-order valence-corrected chi connectivity index (χ3v) is 4.92. The van der Waals surface area contributed by atoms with E-state index in [1.807, 2.05) is 6.92 Å². The second kappa shape index (κ2) is 6.04. The van der Waals surface area contributed by atoms with Crippen molar-refractivity contribution in [3.63, 3.8) is 0 Å². The van der Waals surface area contributed by atoms with Gasteiger partial charge in [-0.2, -0.15) is 4.31 Å². The monoisotopic (exact) mass is 305 g/mol. The van der Waals surface area contributed by atoms with E-state index >= 15 is 0 Å². The molecule has 1 fully saturated rings. The molecule has 8 heteroatoms. The fraction of sp³-hybridized carbons (Fsp3) is 0.545. The summed E-state index contributed by atoms with van der Waals surface area (Å²) in [5, 5.41) is 3.26. The van der Waals surface area contributed by atoms with Crippen LogP contribution in [-0.2, 0) is 14.8 Å².